The summed E-state index contributed by atoms with van der Waals surface area (Å²) in [5.74, 6) is -0.0466. The number of rotatable bonds is 7. The van der Waals surface area contributed by atoms with E-state index in [0.29, 0.717) is 6.42 Å². The molecule has 13 heavy (non-hydrogen) atoms. The highest BCUT2D eigenvalue weighted by atomic mass is 79.9. The van der Waals surface area contributed by atoms with Gasteiger partial charge in [0.2, 0.25) is 0 Å². The van der Waals surface area contributed by atoms with Crippen molar-refractivity contribution in [3.63, 3.8) is 0 Å². The van der Waals surface area contributed by atoms with E-state index in [4.69, 9.17) is 4.74 Å². The van der Waals surface area contributed by atoms with Crippen molar-refractivity contribution in [1.82, 2.24) is 0 Å². The van der Waals surface area contributed by atoms with Crippen LogP contribution in [0.1, 0.15) is 46.0 Å². The van der Waals surface area contributed by atoms with E-state index >= 15 is 0 Å². The first-order chi connectivity index (χ1) is 6.24. The van der Waals surface area contributed by atoms with Crippen molar-refractivity contribution in [2.24, 2.45) is 0 Å². The second kappa shape index (κ2) is 8.54. The molecule has 0 aliphatic carbocycles. The summed E-state index contributed by atoms with van der Waals surface area (Å²) in [6.45, 7) is 4.08. The van der Waals surface area contributed by atoms with Gasteiger partial charge in [-0.15, -0.1) is 0 Å². The summed E-state index contributed by atoms with van der Waals surface area (Å²) in [5, 5.41) is 0.964. The van der Waals surface area contributed by atoms with Crippen LogP contribution in [0.5, 0.6) is 0 Å². The van der Waals surface area contributed by atoms with Crippen molar-refractivity contribution < 1.29 is 9.53 Å². The molecule has 2 nitrogen and oxygen atoms in total. The second-order valence-electron chi connectivity index (χ2n) is 3.07. The fourth-order valence-electron chi connectivity index (χ4n) is 1.06. The fraction of sp³-hybridized carbons (Fsp3) is 0.900. The van der Waals surface area contributed by atoms with Gasteiger partial charge in [-0.05, 0) is 25.7 Å². The van der Waals surface area contributed by atoms with Crippen molar-refractivity contribution in [2.45, 2.75) is 52.1 Å². The minimum atomic E-state index is -0.0466. The molecule has 0 N–H and O–H groups in total. The third kappa shape index (κ3) is 7.05. The average molecular weight is 251 g/mol. The Labute approximate surface area is 89.2 Å². The zero-order valence-electron chi connectivity index (χ0n) is 8.51. The Bertz CT molecular complexity index is 133. The monoisotopic (exact) mass is 250 g/mol. The summed E-state index contributed by atoms with van der Waals surface area (Å²) in [6.07, 6.45) is 4.47. The molecular formula is C10H19BrO2. The maximum Gasteiger partial charge on any atom is 0.306 e. The molecule has 0 aromatic heterocycles. The predicted molar refractivity (Wildman–Crippen MR) is 58.1 cm³/mol. The van der Waals surface area contributed by atoms with Crippen LogP contribution >= 0.6 is 15.9 Å². The number of esters is 1. The first-order valence-corrected chi connectivity index (χ1v) is 6.12. The smallest absolute Gasteiger partial charge is 0.306 e. The van der Waals surface area contributed by atoms with Gasteiger partial charge < -0.3 is 4.74 Å². The lowest BCUT2D eigenvalue weighted by molar-refractivity contribution is -0.149. The Kier molecular flexibility index (Phi) is 8.51. The topological polar surface area (TPSA) is 26.3 Å². The Balaban J connectivity index is 3.48. The van der Waals surface area contributed by atoms with Gasteiger partial charge in [-0.1, -0.05) is 29.8 Å². The van der Waals surface area contributed by atoms with Crippen molar-refractivity contribution in [1.29, 1.82) is 0 Å². The van der Waals surface area contributed by atoms with E-state index in [1.807, 2.05) is 13.8 Å². The van der Waals surface area contributed by atoms with E-state index in [9.17, 15) is 4.79 Å². The molecule has 0 rings (SSSR count). The first-order valence-electron chi connectivity index (χ1n) is 5.00. The molecule has 3 heteroatoms. The maximum atomic E-state index is 11.2. The van der Waals surface area contributed by atoms with Crippen molar-refractivity contribution in [2.75, 3.05) is 5.33 Å². The highest BCUT2D eigenvalue weighted by Crippen LogP contribution is 2.06. The Morgan fingerprint density at radius 2 is 1.92 bits per heavy atom. The molecule has 0 fully saturated rings. The second-order valence-corrected chi connectivity index (χ2v) is 3.87. The summed E-state index contributed by atoms with van der Waals surface area (Å²) >= 11 is 3.33. The van der Waals surface area contributed by atoms with Gasteiger partial charge in [0, 0.05) is 11.8 Å². The van der Waals surface area contributed by atoms with E-state index < -0.39 is 0 Å². The van der Waals surface area contributed by atoms with Crippen LogP contribution in [0.25, 0.3) is 0 Å². The molecular weight excluding hydrogens is 232 g/mol. The average Bonchev–Trinajstić information content (AvgIpc) is 2.14. The zero-order chi connectivity index (χ0) is 10.1. The van der Waals surface area contributed by atoms with Crippen molar-refractivity contribution >= 4 is 21.9 Å². The number of hydrogen-bond acceptors (Lipinski definition) is 2. The van der Waals surface area contributed by atoms with Crippen LogP contribution in [0.15, 0.2) is 0 Å². The molecule has 0 aromatic carbocycles. The largest absolute Gasteiger partial charge is 0.462 e. The summed E-state index contributed by atoms with van der Waals surface area (Å²) in [6, 6.07) is 0. The van der Waals surface area contributed by atoms with Gasteiger partial charge in [-0.3, -0.25) is 4.79 Å². The third-order valence-corrected chi connectivity index (χ3v) is 2.53. The molecule has 0 saturated carbocycles. The fourth-order valence-corrected chi connectivity index (χ4v) is 1.46. The summed E-state index contributed by atoms with van der Waals surface area (Å²) in [4.78, 5) is 11.2. The van der Waals surface area contributed by atoms with Gasteiger partial charge in [0.15, 0.2) is 0 Å². The maximum absolute atomic E-state index is 11.2. The lowest BCUT2D eigenvalue weighted by Crippen LogP contribution is -2.16. The number of carbonyl (C=O) groups excluding carboxylic acids is 1. The quantitative estimate of drug-likeness (QED) is 0.394. The lowest BCUT2D eigenvalue weighted by atomic mass is 10.2. The standard InChI is InChI=1S/C10H19BrO2/c1-3-9(4-2)13-10(12)7-5-6-8-11/h9H,3-8H2,1-2H3. The van der Waals surface area contributed by atoms with E-state index in [0.717, 1.165) is 31.0 Å². The molecule has 0 spiro atoms. The number of ether oxygens (including phenoxy) is 1. The molecule has 0 aliphatic heterocycles. The van der Waals surface area contributed by atoms with Gasteiger partial charge in [-0.2, -0.15) is 0 Å². The van der Waals surface area contributed by atoms with E-state index in [2.05, 4.69) is 15.9 Å². The van der Waals surface area contributed by atoms with Gasteiger partial charge in [0.05, 0.1) is 0 Å². The zero-order valence-corrected chi connectivity index (χ0v) is 10.1. The van der Waals surface area contributed by atoms with Crippen LogP contribution in [0.4, 0.5) is 0 Å². The van der Waals surface area contributed by atoms with Gasteiger partial charge >= 0.3 is 5.97 Å². The summed E-state index contributed by atoms with van der Waals surface area (Å²) in [5.41, 5.74) is 0. The minimum Gasteiger partial charge on any atom is -0.462 e. The van der Waals surface area contributed by atoms with Crippen molar-refractivity contribution in [3.8, 4) is 0 Å². The number of halogens is 1. The number of unbranched alkanes of at least 4 members (excludes halogenated alkanes) is 1. The van der Waals surface area contributed by atoms with Crippen LogP contribution in [0, 0.1) is 0 Å². The molecule has 0 aliphatic rings. The highest BCUT2D eigenvalue weighted by Gasteiger charge is 2.09. The summed E-state index contributed by atoms with van der Waals surface area (Å²) in [7, 11) is 0. The molecule has 0 amide bonds. The Hall–Kier alpha value is -0.0500. The van der Waals surface area contributed by atoms with Gasteiger partial charge in [0.25, 0.3) is 0 Å². The minimum absolute atomic E-state index is 0.0466. The molecule has 0 heterocycles. The van der Waals surface area contributed by atoms with Crippen LogP contribution in [-0.2, 0) is 9.53 Å². The number of alkyl halides is 1. The molecule has 78 valence electrons. The molecule has 0 aromatic rings. The first kappa shape index (κ1) is 12.9. The van der Waals surface area contributed by atoms with E-state index in [1.165, 1.54) is 0 Å². The van der Waals surface area contributed by atoms with Crippen LogP contribution in [0.3, 0.4) is 0 Å². The van der Waals surface area contributed by atoms with Crippen LogP contribution in [-0.4, -0.2) is 17.4 Å². The van der Waals surface area contributed by atoms with E-state index in [-0.39, 0.29) is 12.1 Å². The molecule has 0 bridgehead atoms. The van der Waals surface area contributed by atoms with E-state index in [1.54, 1.807) is 0 Å². The predicted octanol–water partition coefficient (Wildman–Crippen LogP) is 3.28. The summed E-state index contributed by atoms with van der Waals surface area (Å²) < 4.78 is 5.24. The number of carbonyl (C=O) groups is 1. The molecule has 0 atom stereocenters. The highest BCUT2D eigenvalue weighted by molar-refractivity contribution is 9.09. The van der Waals surface area contributed by atoms with Crippen molar-refractivity contribution in [3.05, 3.63) is 0 Å². The Morgan fingerprint density at radius 1 is 1.31 bits per heavy atom. The van der Waals surface area contributed by atoms with Crippen LogP contribution < -0.4 is 0 Å². The normalized spacial score (nSPS) is 10.5. The van der Waals surface area contributed by atoms with Gasteiger partial charge in [-0.25, -0.2) is 0 Å². The number of hydrogen-bond donors (Lipinski definition) is 0. The third-order valence-electron chi connectivity index (χ3n) is 1.97. The van der Waals surface area contributed by atoms with Crippen LogP contribution in [0.2, 0.25) is 0 Å². The van der Waals surface area contributed by atoms with Gasteiger partial charge in [0.1, 0.15) is 6.10 Å². The molecule has 0 radical (unpaired) electrons. The SMILES string of the molecule is CCC(CC)OC(=O)CCCCBr. The Morgan fingerprint density at radius 3 is 2.38 bits per heavy atom. The molecule has 0 unspecified atom stereocenters. The lowest BCUT2D eigenvalue weighted by Gasteiger charge is -2.13. The molecule has 0 saturated heterocycles.